The van der Waals surface area contributed by atoms with Gasteiger partial charge in [-0.3, -0.25) is 9.78 Å². The third-order valence-corrected chi connectivity index (χ3v) is 6.29. The number of nitrogens with one attached hydrogen (secondary N) is 1. The number of aromatic nitrogens is 4. The highest BCUT2D eigenvalue weighted by Crippen LogP contribution is 2.30. The number of H-pyrrole nitrogens is 1. The maximum absolute atomic E-state index is 12.9. The lowest BCUT2D eigenvalue weighted by Gasteiger charge is -2.31. The number of hydrogen-bond acceptors (Lipinski definition) is 4. The number of aryl methyl sites for hydroxylation is 1. The van der Waals surface area contributed by atoms with Gasteiger partial charge in [0.2, 0.25) is 10.0 Å². The molecule has 120 valence electrons. The first-order valence-electron chi connectivity index (χ1n) is 7.56. The Morgan fingerprint density at radius 2 is 2.27 bits per heavy atom. The van der Waals surface area contributed by atoms with Gasteiger partial charge in [-0.1, -0.05) is 0 Å². The summed E-state index contributed by atoms with van der Waals surface area (Å²) in [5, 5.41) is 11.1. The van der Waals surface area contributed by atoms with E-state index < -0.39 is 10.0 Å². The van der Waals surface area contributed by atoms with Crippen molar-refractivity contribution in [1.29, 1.82) is 0 Å². The van der Waals surface area contributed by atoms with E-state index in [9.17, 15) is 8.42 Å². The van der Waals surface area contributed by atoms with Gasteiger partial charge in [-0.25, -0.2) is 8.42 Å². The van der Waals surface area contributed by atoms with Crippen molar-refractivity contribution in [2.45, 2.75) is 44.0 Å². The van der Waals surface area contributed by atoms with Crippen molar-refractivity contribution in [1.82, 2.24) is 24.3 Å². The Bertz CT molecular complexity index is 735. The summed E-state index contributed by atoms with van der Waals surface area (Å²) in [5.41, 5.74) is 1.70. The topological polar surface area (TPSA) is 83.9 Å². The quantitative estimate of drug-likeness (QED) is 0.924. The van der Waals surface area contributed by atoms with Crippen molar-refractivity contribution < 1.29 is 8.42 Å². The van der Waals surface area contributed by atoms with Crippen LogP contribution in [0, 0.1) is 6.92 Å². The Morgan fingerprint density at radius 1 is 1.45 bits per heavy atom. The summed E-state index contributed by atoms with van der Waals surface area (Å²) in [7, 11) is -3.49. The third kappa shape index (κ3) is 2.56. The first-order chi connectivity index (χ1) is 10.5. The molecule has 1 atom stereocenters. The number of sulfonamides is 1. The highest BCUT2D eigenvalue weighted by atomic mass is 32.2. The lowest BCUT2D eigenvalue weighted by atomic mass is 9.96. The van der Waals surface area contributed by atoms with Crippen LogP contribution in [0.25, 0.3) is 0 Å². The van der Waals surface area contributed by atoms with Gasteiger partial charge in [-0.05, 0) is 32.8 Å². The molecule has 1 saturated heterocycles. The summed E-state index contributed by atoms with van der Waals surface area (Å²) in [4.78, 5) is 0.319. The average Bonchev–Trinajstić information content (AvgIpc) is 3.16. The van der Waals surface area contributed by atoms with E-state index in [0.29, 0.717) is 30.2 Å². The van der Waals surface area contributed by atoms with Gasteiger partial charge in [0.25, 0.3) is 0 Å². The van der Waals surface area contributed by atoms with Crippen molar-refractivity contribution in [3.8, 4) is 0 Å². The number of piperidine rings is 1. The Labute approximate surface area is 130 Å². The molecule has 1 aliphatic rings. The van der Waals surface area contributed by atoms with Gasteiger partial charge in [0, 0.05) is 37.4 Å². The fraction of sp³-hybridized carbons (Fsp3) is 0.571. The molecule has 22 heavy (non-hydrogen) atoms. The molecular formula is C14H21N5O2S. The van der Waals surface area contributed by atoms with Crippen LogP contribution in [0.3, 0.4) is 0 Å². The molecule has 1 unspecified atom stereocenters. The van der Waals surface area contributed by atoms with Crippen LogP contribution < -0.4 is 0 Å². The molecule has 1 N–H and O–H groups in total. The zero-order valence-electron chi connectivity index (χ0n) is 12.9. The van der Waals surface area contributed by atoms with Crippen LogP contribution in [0.1, 0.15) is 37.1 Å². The fourth-order valence-electron chi connectivity index (χ4n) is 3.05. The number of aromatic amines is 1. The minimum atomic E-state index is -3.49. The van der Waals surface area contributed by atoms with E-state index in [1.54, 1.807) is 22.1 Å². The van der Waals surface area contributed by atoms with E-state index >= 15 is 0 Å². The molecule has 0 bridgehead atoms. The standard InChI is InChI=1S/C14H21N5O2S/c1-3-19-11(2)14(9-16-19)22(20,21)18-8-4-5-12(10-18)13-6-7-15-17-13/h6-7,9,12H,3-5,8,10H2,1-2H3,(H,15,17). The number of rotatable bonds is 4. The van der Waals surface area contributed by atoms with Crippen molar-refractivity contribution in [3.63, 3.8) is 0 Å². The van der Waals surface area contributed by atoms with E-state index in [4.69, 9.17) is 0 Å². The van der Waals surface area contributed by atoms with E-state index in [1.807, 2.05) is 13.0 Å². The largest absolute Gasteiger partial charge is 0.282 e. The molecule has 2 aromatic heterocycles. The van der Waals surface area contributed by atoms with E-state index in [1.165, 1.54) is 6.20 Å². The molecule has 0 aromatic carbocycles. The first kappa shape index (κ1) is 15.2. The van der Waals surface area contributed by atoms with Gasteiger partial charge in [0.05, 0.1) is 11.9 Å². The highest BCUT2D eigenvalue weighted by Gasteiger charge is 2.33. The van der Waals surface area contributed by atoms with Crippen molar-refractivity contribution in [2.24, 2.45) is 0 Å². The molecule has 8 heteroatoms. The molecule has 7 nitrogen and oxygen atoms in total. The highest BCUT2D eigenvalue weighted by molar-refractivity contribution is 7.89. The summed E-state index contributed by atoms with van der Waals surface area (Å²) in [5.74, 6) is 0.174. The fourth-order valence-corrected chi connectivity index (χ4v) is 4.73. The predicted octanol–water partition coefficient (Wildman–Crippen LogP) is 1.50. The van der Waals surface area contributed by atoms with Gasteiger partial charge in [0.1, 0.15) is 4.90 Å². The van der Waals surface area contributed by atoms with Gasteiger partial charge in [0.15, 0.2) is 0 Å². The minimum Gasteiger partial charge on any atom is -0.282 e. The normalized spacial score (nSPS) is 20.4. The summed E-state index contributed by atoms with van der Waals surface area (Å²) in [6, 6.07) is 1.92. The van der Waals surface area contributed by atoms with Crippen LogP contribution in [0.2, 0.25) is 0 Å². The minimum absolute atomic E-state index is 0.174. The molecule has 0 amide bonds. The molecule has 1 aliphatic heterocycles. The van der Waals surface area contributed by atoms with E-state index in [2.05, 4.69) is 15.3 Å². The molecule has 3 rings (SSSR count). The smallest absolute Gasteiger partial charge is 0.246 e. The SMILES string of the molecule is CCn1ncc(S(=O)(=O)N2CCCC(c3ccn[nH]3)C2)c1C. The second-order valence-electron chi connectivity index (χ2n) is 5.62. The van der Waals surface area contributed by atoms with Gasteiger partial charge in [-0.15, -0.1) is 0 Å². The maximum Gasteiger partial charge on any atom is 0.246 e. The van der Waals surface area contributed by atoms with Crippen LogP contribution in [-0.2, 0) is 16.6 Å². The summed E-state index contributed by atoms with van der Waals surface area (Å²) in [6.45, 7) is 5.47. The van der Waals surface area contributed by atoms with Crippen molar-refractivity contribution in [3.05, 3.63) is 29.8 Å². The summed E-state index contributed by atoms with van der Waals surface area (Å²) >= 11 is 0. The van der Waals surface area contributed by atoms with E-state index in [-0.39, 0.29) is 5.92 Å². The van der Waals surface area contributed by atoms with Gasteiger partial charge < -0.3 is 0 Å². The lowest BCUT2D eigenvalue weighted by molar-refractivity contribution is 0.312. The average molecular weight is 323 g/mol. The van der Waals surface area contributed by atoms with Crippen LogP contribution in [0.15, 0.2) is 23.4 Å². The third-order valence-electron chi connectivity index (χ3n) is 4.32. The lowest BCUT2D eigenvalue weighted by Crippen LogP contribution is -2.39. The second-order valence-corrected chi connectivity index (χ2v) is 7.53. The van der Waals surface area contributed by atoms with Crippen LogP contribution in [-0.4, -0.2) is 45.8 Å². The van der Waals surface area contributed by atoms with Gasteiger partial charge >= 0.3 is 0 Å². The molecule has 2 aromatic rings. The first-order valence-corrected chi connectivity index (χ1v) is 9.00. The number of hydrogen-bond donors (Lipinski definition) is 1. The molecule has 0 aliphatic carbocycles. The molecule has 3 heterocycles. The van der Waals surface area contributed by atoms with Crippen LogP contribution >= 0.6 is 0 Å². The molecule has 0 spiro atoms. The predicted molar refractivity (Wildman–Crippen MR) is 82.0 cm³/mol. The van der Waals surface area contributed by atoms with Crippen LogP contribution in [0.4, 0.5) is 0 Å². The Balaban J connectivity index is 1.87. The second kappa shape index (κ2) is 5.85. The summed E-state index contributed by atoms with van der Waals surface area (Å²) in [6.07, 6.45) is 5.00. The molecule has 0 saturated carbocycles. The Morgan fingerprint density at radius 3 is 2.91 bits per heavy atom. The Hall–Kier alpha value is -1.67. The zero-order chi connectivity index (χ0) is 15.7. The molecule has 0 radical (unpaired) electrons. The molecular weight excluding hydrogens is 302 g/mol. The van der Waals surface area contributed by atoms with E-state index in [0.717, 1.165) is 18.5 Å². The number of nitrogens with zero attached hydrogens (tertiary/aromatic N) is 4. The van der Waals surface area contributed by atoms with Crippen molar-refractivity contribution >= 4 is 10.0 Å². The van der Waals surface area contributed by atoms with Crippen LogP contribution in [0.5, 0.6) is 0 Å². The maximum atomic E-state index is 12.9. The Kier molecular flexibility index (Phi) is 4.05. The zero-order valence-corrected chi connectivity index (χ0v) is 13.7. The van der Waals surface area contributed by atoms with Gasteiger partial charge in [-0.2, -0.15) is 14.5 Å². The summed E-state index contributed by atoms with van der Waals surface area (Å²) < 4.78 is 29.1. The monoisotopic (exact) mass is 323 g/mol. The molecule has 1 fully saturated rings. The van der Waals surface area contributed by atoms with Crippen molar-refractivity contribution in [2.75, 3.05) is 13.1 Å².